The highest BCUT2D eigenvalue weighted by atomic mass is 32.2. The molecule has 6 nitrogen and oxygen atoms in total. The SMILES string of the molecule is COCCN(CCNC(=O)c1ccc(C(C)(C)C)cc1)S(C)(=O)=O. The van der Waals surface area contributed by atoms with E-state index in [1.807, 2.05) is 12.1 Å². The van der Waals surface area contributed by atoms with Gasteiger partial charge in [0.25, 0.3) is 5.91 Å². The van der Waals surface area contributed by atoms with Crippen molar-refractivity contribution in [3.8, 4) is 0 Å². The van der Waals surface area contributed by atoms with Crippen LogP contribution in [0.3, 0.4) is 0 Å². The molecule has 0 aliphatic rings. The number of carbonyl (C=O) groups excluding carboxylic acids is 1. The maximum Gasteiger partial charge on any atom is 0.251 e. The Morgan fingerprint density at radius 1 is 1.17 bits per heavy atom. The number of benzene rings is 1. The molecular weight excluding hydrogens is 328 g/mol. The first-order valence-electron chi connectivity index (χ1n) is 7.88. The number of carbonyl (C=O) groups is 1. The van der Waals surface area contributed by atoms with E-state index in [-0.39, 0.29) is 31.0 Å². The van der Waals surface area contributed by atoms with Crippen molar-refractivity contribution in [1.82, 2.24) is 9.62 Å². The molecular formula is C17H28N2O4S. The fraction of sp³-hybridized carbons (Fsp3) is 0.588. The van der Waals surface area contributed by atoms with Crippen LogP contribution in [0.15, 0.2) is 24.3 Å². The number of nitrogens with one attached hydrogen (secondary N) is 1. The van der Waals surface area contributed by atoms with E-state index in [1.54, 1.807) is 12.1 Å². The highest BCUT2D eigenvalue weighted by Gasteiger charge is 2.17. The maximum absolute atomic E-state index is 12.1. The summed E-state index contributed by atoms with van der Waals surface area (Å²) in [5, 5.41) is 2.75. The van der Waals surface area contributed by atoms with E-state index in [2.05, 4.69) is 26.1 Å². The lowest BCUT2D eigenvalue weighted by atomic mass is 9.87. The quantitative estimate of drug-likeness (QED) is 0.768. The van der Waals surface area contributed by atoms with Gasteiger partial charge >= 0.3 is 0 Å². The van der Waals surface area contributed by atoms with Crippen molar-refractivity contribution in [2.24, 2.45) is 0 Å². The van der Waals surface area contributed by atoms with Gasteiger partial charge in [0, 0.05) is 32.3 Å². The standard InChI is InChI=1S/C17H28N2O4S/c1-17(2,3)15-8-6-14(7-9-15)16(20)18-10-11-19(12-13-23-4)24(5,21)22/h6-9H,10-13H2,1-5H3,(H,18,20). The fourth-order valence-electron chi connectivity index (χ4n) is 2.15. The van der Waals surface area contributed by atoms with E-state index in [9.17, 15) is 13.2 Å². The predicted octanol–water partition coefficient (Wildman–Crippen LogP) is 1.62. The largest absolute Gasteiger partial charge is 0.383 e. The molecule has 0 aromatic heterocycles. The van der Waals surface area contributed by atoms with Gasteiger partial charge in [-0.25, -0.2) is 8.42 Å². The summed E-state index contributed by atoms with van der Waals surface area (Å²) in [5.41, 5.74) is 1.75. The number of rotatable bonds is 8. The zero-order chi connectivity index (χ0) is 18.4. The van der Waals surface area contributed by atoms with Crippen molar-refractivity contribution >= 4 is 15.9 Å². The van der Waals surface area contributed by atoms with Crippen LogP contribution in [0, 0.1) is 0 Å². The van der Waals surface area contributed by atoms with Gasteiger partial charge in [0.05, 0.1) is 12.9 Å². The van der Waals surface area contributed by atoms with Gasteiger partial charge in [-0.2, -0.15) is 4.31 Å². The van der Waals surface area contributed by atoms with Crippen LogP contribution in [0.2, 0.25) is 0 Å². The number of methoxy groups -OCH3 is 1. The molecule has 7 heteroatoms. The van der Waals surface area contributed by atoms with E-state index >= 15 is 0 Å². The molecule has 0 fully saturated rings. The van der Waals surface area contributed by atoms with Gasteiger partial charge in [0.2, 0.25) is 10.0 Å². The summed E-state index contributed by atoms with van der Waals surface area (Å²) in [6.07, 6.45) is 1.15. The first-order chi connectivity index (χ1) is 11.1. The van der Waals surface area contributed by atoms with Gasteiger partial charge in [-0.1, -0.05) is 32.9 Å². The molecule has 0 aliphatic heterocycles. The van der Waals surface area contributed by atoms with Gasteiger partial charge in [-0.05, 0) is 23.1 Å². The number of ether oxygens (including phenoxy) is 1. The Bertz CT molecular complexity index is 634. The molecule has 0 aliphatic carbocycles. The molecule has 0 heterocycles. The van der Waals surface area contributed by atoms with Crippen LogP contribution < -0.4 is 5.32 Å². The Morgan fingerprint density at radius 3 is 2.21 bits per heavy atom. The molecule has 0 saturated heterocycles. The van der Waals surface area contributed by atoms with Crippen molar-refractivity contribution in [3.05, 3.63) is 35.4 Å². The van der Waals surface area contributed by atoms with Crippen LogP contribution in [0.1, 0.15) is 36.7 Å². The highest BCUT2D eigenvalue weighted by molar-refractivity contribution is 7.88. The smallest absolute Gasteiger partial charge is 0.251 e. The van der Waals surface area contributed by atoms with Crippen molar-refractivity contribution in [1.29, 1.82) is 0 Å². The molecule has 24 heavy (non-hydrogen) atoms. The van der Waals surface area contributed by atoms with Crippen molar-refractivity contribution in [2.45, 2.75) is 26.2 Å². The Labute approximate surface area is 145 Å². The van der Waals surface area contributed by atoms with E-state index in [0.717, 1.165) is 11.8 Å². The lowest BCUT2D eigenvalue weighted by Gasteiger charge is -2.20. The third-order valence-electron chi connectivity index (χ3n) is 3.67. The average Bonchev–Trinajstić information content (AvgIpc) is 2.48. The second-order valence-corrected chi connectivity index (χ2v) is 8.72. The summed E-state index contributed by atoms with van der Waals surface area (Å²) in [6, 6.07) is 7.46. The number of amides is 1. The van der Waals surface area contributed by atoms with Crippen LogP contribution in [-0.4, -0.2) is 58.2 Å². The van der Waals surface area contributed by atoms with E-state index in [0.29, 0.717) is 12.2 Å². The van der Waals surface area contributed by atoms with E-state index in [1.165, 1.54) is 11.4 Å². The molecule has 1 aromatic carbocycles. The first kappa shape index (κ1) is 20.6. The van der Waals surface area contributed by atoms with Crippen LogP contribution in [0.4, 0.5) is 0 Å². The summed E-state index contributed by atoms with van der Waals surface area (Å²) < 4.78 is 29.5. The fourth-order valence-corrected chi connectivity index (χ4v) is 2.98. The minimum atomic E-state index is -3.32. The van der Waals surface area contributed by atoms with Gasteiger partial charge < -0.3 is 10.1 Å². The Balaban J connectivity index is 2.59. The molecule has 0 spiro atoms. The highest BCUT2D eigenvalue weighted by Crippen LogP contribution is 2.22. The number of hydrogen-bond donors (Lipinski definition) is 1. The second kappa shape index (κ2) is 8.60. The minimum Gasteiger partial charge on any atom is -0.383 e. The predicted molar refractivity (Wildman–Crippen MR) is 95.8 cm³/mol. The monoisotopic (exact) mass is 356 g/mol. The first-order valence-corrected chi connectivity index (χ1v) is 9.73. The topological polar surface area (TPSA) is 75.7 Å². The number of hydrogen-bond acceptors (Lipinski definition) is 4. The molecule has 136 valence electrons. The number of nitrogens with zero attached hydrogens (tertiary/aromatic N) is 1. The van der Waals surface area contributed by atoms with Crippen LogP contribution >= 0.6 is 0 Å². The van der Waals surface area contributed by atoms with E-state index in [4.69, 9.17) is 4.74 Å². The molecule has 1 amide bonds. The van der Waals surface area contributed by atoms with Gasteiger partial charge in [-0.3, -0.25) is 4.79 Å². The summed E-state index contributed by atoms with van der Waals surface area (Å²) in [6.45, 7) is 7.39. The normalized spacial score (nSPS) is 12.4. The zero-order valence-electron chi connectivity index (χ0n) is 15.1. The van der Waals surface area contributed by atoms with E-state index < -0.39 is 10.0 Å². The van der Waals surface area contributed by atoms with Gasteiger partial charge in [0.15, 0.2) is 0 Å². The van der Waals surface area contributed by atoms with Crippen LogP contribution in [-0.2, 0) is 20.2 Å². The molecule has 1 N–H and O–H groups in total. The average molecular weight is 356 g/mol. The summed E-state index contributed by atoms with van der Waals surface area (Å²) in [7, 11) is -1.80. The zero-order valence-corrected chi connectivity index (χ0v) is 15.9. The Hall–Kier alpha value is -1.44. The molecule has 1 aromatic rings. The molecule has 0 unspecified atom stereocenters. The maximum atomic E-state index is 12.1. The van der Waals surface area contributed by atoms with Crippen LogP contribution in [0.5, 0.6) is 0 Å². The van der Waals surface area contributed by atoms with Crippen LogP contribution in [0.25, 0.3) is 0 Å². The lowest BCUT2D eigenvalue weighted by Crippen LogP contribution is -2.39. The number of sulfonamides is 1. The van der Waals surface area contributed by atoms with Gasteiger partial charge in [0.1, 0.15) is 0 Å². The van der Waals surface area contributed by atoms with Crippen molar-refractivity contribution in [2.75, 3.05) is 39.6 Å². The van der Waals surface area contributed by atoms with Gasteiger partial charge in [-0.15, -0.1) is 0 Å². The molecule has 1 rings (SSSR count). The Kier molecular flexibility index (Phi) is 7.38. The molecule has 0 saturated carbocycles. The summed E-state index contributed by atoms with van der Waals surface area (Å²) >= 11 is 0. The van der Waals surface area contributed by atoms with Crippen molar-refractivity contribution < 1.29 is 17.9 Å². The third kappa shape index (κ3) is 6.59. The lowest BCUT2D eigenvalue weighted by molar-refractivity contribution is 0.0950. The molecule has 0 bridgehead atoms. The molecule has 0 radical (unpaired) electrons. The second-order valence-electron chi connectivity index (χ2n) is 6.74. The minimum absolute atomic E-state index is 0.0341. The summed E-state index contributed by atoms with van der Waals surface area (Å²) in [4.78, 5) is 12.1. The summed E-state index contributed by atoms with van der Waals surface area (Å²) in [5.74, 6) is -0.212. The Morgan fingerprint density at radius 2 is 1.75 bits per heavy atom. The molecule has 0 atom stereocenters. The van der Waals surface area contributed by atoms with Crippen molar-refractivity contribution in [3.63, 3.8) is 0 Å². The third-order valence-corrected chi connectivity index (χ3v) is 4.98.